The number of esters is 1. The summed E-state index contributed by atoms with van der Waals surface area (Å²) < 4.78 is 11.3. The van der Waals surface area contributed by atoms with Crippen molar-refractivity contribution in [1.29, 1.82) is 0 Å². The van der Waals surface area contributed by atoms with E-state index in [4.69, 9.17) is 9.16 Å². The molecule has 28 heavy (non-hydrogen) atoms. The van der Waals surface area contributed by atoms with Gasteiger partial charge in [0.05, 0.1) is 19.3 Å². The average molecular weight is 427 g/mol. The summed E-state index contributed by atoms with van der Waals surface area (Å²) >= 11 is 1.29. The fraction of sp³-hybridized carbons (Fsp3) is 0.700. The molecule has 0 spiro atoms. The maximum absolute atomic E-state index is 12.5. The second kappa shape index (κ2) is 9.07. The Labute approximate surface area is 173 Å². The molecule has 1 aromatic rings. The zero-order chi connectivity index (χ0) is 21.1. The average Bonchev–Trinajstić information content (AvgIpc) is 2.95. The van der Waals surface area contributed by atoms with Gasteiger partial charge in [0.25, 0.3) is 0 Å². The Kier molecular flexibility index (Phi) is 7.47. The molecule has 1 N–H and O–H groups in total. The smallest absolute Gasteiger partial charge is 0.350 e. The molecule has 1 aliphatic heterocycles. The molecule has 2 rings (SSSR count). The number of nitrogens with one attached hydrogen (secondary N) is 1. The van der Waals surface area contributed by atoms with Gasteiger partial charge >= 0.3 is 5.97 Å². The van der Waals surface area contributed by atoms with Gasteiger partial charge in [-0.1, -0.05) is 20.8 Å². The monoisotopic (exact) mass is 426 g/mol. The van der Waals surface area contributed by atoms with Crippen molar-refractivity contribution in [3.05, 3.63) is 15.8 Å². The van der Waals surface area contributed by atoms with Crippen molar-refractivity contribution in [3.8, 4) is 0 Å². The van der Waals surface area contributed by atoms with E-state index in [0.29, 0.717) is 17.1 Å². The molecule has 0 aromatic carbocycles. The highest BCUT2D eigenvalue weighted by Gasteiger charge is 2.39. The summed E-state index contributed by atoms with van der Waals surface area (Å²) in [4.78, 5) is 27.0. The Bertz CT molecular complexity index is 704. The Balaban J connectivity index is 1.86. The lowest BCUT2D eigenvalue weighted by atomic mass is 10.1. The van der Waals surface area contributed by atoms with Crippen LogP contribution in [-0.4, -0.2) is 57.9 Å². The van der Waals surface area contributed by atoms with Crippen LogP contribution in [0, 0.1) is 6.92 Å². The molecule has 0 aliphatic carbocycles. The number of aryl methyl sites for hydroxylation is 1. The van der Waals surface area contributed by atoms with Crippen molar-refractivity contribution in [2.45, 2.75) is 64.8 Å². The molecule has 0 bridgehead atoms. The highest BCUT2D eigenvalue weighted by atomic mass is 32.1. The van der Waals surface area contributed by atoms with Crippen molar-refractivity contribution in [2.24, 2.45) is 0 Å². The predicted molar refractivity (Wildman–Crippen MR) is 117 cm³/mol. The topological polar surface area (TPSA) is 67.9 Å². The van der Waals surface area contributed by atoms with E-state index in [0.717, 1.165) is 31.5 Å². The van der Waals surface area contributed by atoms with Crippen LogP contribution < -0.4 is 5.32 Å². The van der Waals surface area contributed by atoms with Gasteiger partial charge in [0.15, 0.2) is 8.32 Å². The molecule has 1 fully saturated rings. The standard InChI is InChI=1S/C20H34N2O4SSi/c1-14-13-27-18(19(24)25-5)17(14)21-16(23)12-22-10-8-15(9-11-22)26-28(6,7)20(2,3)4/h13,15H,8-12H2,1-7H3,(H,21,23). The quantitative estimate of drug-likeness (QED) is 0.543. The Morgan fingerprint density at radius 3 is 2.43 bits per heavy atom. The van der Waals surface area contributed by atoms with Gasteiger partial charge in [-0.05, 0) is 48.8 Å². The van der Waals surface area contributed by atoms with Gasteiger partial charge in [-0.15, -0.1) is 11.3 Å². The Hall–Kier alpha value is -1.22. The molecule has 1 aliphatic rings. The van der Waals surface area contributed by atoms with Gasteiger partial charge in [0.2, 0.25) is 5.91 Å². The lowest BCUT2D eigenvalue weighted by molar-refractivity contribution is -0.117. The molecule has 1 saturated heterocycles. The van der Waals surface area contributed by atoms with E-state index in [-0.39, 0.29) is 17.0 Å². The molecule has 0 unspecified atom stereocenters. The maximum Gasteiger partial charge on any atom is 0.350 e. The van der Waals surface area contributed by atoms with Crippen LogP contribution in [0.15, 0.2) is 5.38 Å². The minimum atomic E-state index is -1.76. The molecular weight excluding hydrogens is 392 g/mol. The summed E-state index contributed by atoms with van der Waals surface area (Å²) in [6.07, 6.45) is 2.18. The van der Waals surface area contributed by atoms with Gasteiger partial charge in [0, 0.05) is 19.2 Å². The number of rotatable bonds is 6. The predicted octanol–water partition coefficient (Wildman–Crippen LogP) is 4.27. The summed E-state index contributed by atoms with van der Waals surface area (Å²) in [6.45, 7) is 15.2. The molecule has 0 radical (unpaired) electrons. The van der Waals surface area contributed by atoms with E-state index in [2.05, 4.69) is 44.1 Å². The lowest BCUT2D eigenvalue weighted by Gasteiger charge is -2.41. The number of amides is 1. The first-order valence-corrected chi connectivity index (χ1v) is 13.6. The summed E-state index contributed by atoms with van der Waals surface area (Å²) in [5.41, 5.74) is 1.44. The number of methoxy groups -OCH3 is 1. The van der Waals surface area contributed by atoms with Gasteiger partial charge in [0.1, 0.15) is 4.88 Å². The molecule has 0 saturated carbocycles. The maximum atomic E-state index is 12.5. The first-order chi connectivity index (χ1) is 12.9. The van der Waals surface area contributed by atoms with Gasteiger partial charge in [-0.2, -0.15) is 0 Å². The van der Waals surface area contributed by atoms with Gasteiger partial charge in [-0.3, -0.25) is 9.69 Å². The molecular formula is C20H34N2O4SSi. The van der Waals surface area contributed by atoms with Crippen LogP contribution in [0.2, 0.25) is 18.1 Å². The number of anilines is 1. The first kappa shape index (κ1) is 23.1. The van der Waals surface area contributed by atoms with Gasteiger partial charge in [-0.25, -0.2) is 4.79 Å². The van der Waals surface area contributed by atoms with Crippen LogP contribution in [0.5, 0.6) is 0 Å². The third kappa shape index (κ3) is 5.65. The second-order valence-electron chi connectivity index (χ2n) is 9.02. The number of hydrogen-bond donors (Lipinski definition) is 1. The number of likely N-dealkylation sites (tertiary alicyclic amines) is 1. The van der Waals surface area contributed by atoms with Crippen LogP contribution in [0.1, 0.15) is 48.8 Å². The second-order valence-corrected chi connectivity index (χ2v) is 14.7. The minimum Gasteiger partial charge on any atom is -0.465 e. The largest absolute Gasteiger partial charge is 0.465 e. The fourth-order valence-electron chi connectivity index (χ4n) is 3.00. The highest BCUT2D eigenvalue weighted by molar-refractivity contribution is 7.12. The first-order valence-electron chi connectivity index (χ1n) is 9.81. The van der Waals surface area contributed by atoms with E-state index < -0.39 is 14.3 Å². The normalized spacial score (nSPS) is 16.8. The molecule has 0 atom stereocenters. The lowest BCUT2D eigenvalue weighted by Crippen LogP contribution is -2.48. The third-order valence-corrected chi connectivity index (χ3v) is 11.4. The summed E-state index contributed by atoms with van der Waals surface area (Å²) in [6, 6.07) is 0. The van der Waals surface area contributed by atoms with E-state index in [9.17, 15) is 9.59 Å². The number of carbonyl (C=O) groups is 2. The summed E-state index contributed by atoms with van der Waals surface area (Å²) in [7, 11) is -0.411. The van der Waals surface area contributed by atoms with Crippen LogP contribution in [0.3, 0.4) is 0 Å². The number of thiophene rings is 1. The molecule has 2 heterocycles. The van der Waals surface area contributed by atoms with Crippen molar-refractivity contribution in [3.63, 3.8) is 0 Å². The number of hydrogen-bond acceptors (Lipinski definition) is 6. The van der Waals surface area contributed by atoms with Crippen molar-refractivity contribution in [1.82, 2.24) is 4.90 Å². The summed E-state index contributed by atoms with van der Waals surface area (Å²) in [5, 5.41) is 4.96. The van der Waals surface area contributed by atoms with E-state index in [1.54, 1.807) is 0 Å². The van der Waals surface area contributed by atoms with E-state index in [1.165, 1.54) is 18.4 Å². The number of nitrogens with zero attached hydrogens (tertiary/aromatic N) is 1. The zero-order valence-corrected chi connectivity index (χ0v) is 20.0. The van der Waals surface area contributed by atoms with Crippen molar-refractivity contribution in [2.75, 3.05) is 32.1 Å². The number of ether oxygens (including phenoxy) is 1. The number of carbonyl (C=O) groups excluding carboxylic acids is 2. The van der Waals surface area contributed by atoms with Gasteiger partial charge < -0.3 is 14.5 Å². The van der Waals surface area contributed by atoms with Crippen molar-refractivity contribution >= 4 is 37.2 Å². The van der Waals surface area contributed by atoms with Crippen LogP contribution in [0.25, 0.3) is 0 Å². The van der Waals surface area contributed by atoms with Crippen molar-refractivity contribution < 1.29 is 18.8 Å². The van der Waals surface area contributed by atoms with Crippen LogP contribution >= 0.6 is 11.3 Å². The number of piperidine rings is 1. The minimum absolute atomic E-state index is 0.101. The van der Waals surface area contributed by atoms with E-state index in [1.807, 2.05) is 12.3 Å². The molecule has 1 aromatic heterocycles. The molecule has 1 amide bonds. The van der Waals surface area contributed by atoms with E-state index >= 15 is 0 Å². The summed E-state index contributed by atoms with van der Waals surface area (Å²) in [5.74, 6) is -0.521. The highest BCUT2D eigenvalue weighted by Crippen LogP contribution is 2.38. The Morgan fingerprint density at radius 1 is 1.29 bits per heavy atom. The molecule has 158 valence electrons. The van der Waals surface area contributed by atoms with Crippen LogP contribution in [0.4, 0.5) is 5.69 Å². The Morgan fingerprint density at radius 2 is 1.89 bits per heavy atom. The third-order valence-electron chi connectivity index (χ3n) is 5.78. The van der Waals surface area contributed by atoms with Crippen LogP contribution in [-0.2, 0) is 14.0 Å². The fourth-order valence-corrected chi connectivity index (χ4v) is 5.35. The molecule has 8 heteroatoms. The molecule has 6 nitrogen and oxygen atoms in total. The SMILES string of the molecule is COC(=O)c1scc(C)c1NC(=O)CN1CCC(O[Si](C)(C)C(C)(C)C)CC1. The zero-order valence-electron chi connectivity index (χ0n) is 18.2.